The van der Waals surface area contributed by atoms with Crippen molar-refractivity contribution in [2.75, 3.05) is 7.11 Å². The molecule has 2 aromatic carbocycles. The molecule has 1 aliphatic heterocycles. The molecule has 9 nitrogen and oxygen atoms in total. The first-order valence-corrected chi connectivity index (χ1v) is 9.30. The van der Waals surface area contributed by atoms with Gasteiger partial charge in [-0.15, -0.1) is 0 Å². The van der Waals surface area contributed by atoms with E-state index in [0.717, 1.165) is 0 Å². The van der Waals surface area contributed by atoms with Gasteiger partial charge in [-0.05, 0) is 36.8 Å². The van der Waals surface area contributed by atoms with Crippen molar-refractivity contribution in [1.82, 2.24) is 16.1 Å². The maximum absolute atomic E-state index is 12.9. The lowest BCUT2D eigenvalue weighted by atomic mass is 9.95. The molecule has 3 N–H and O–H groups in total. The average molecular weight is 425 g/mol. The number of nitro groups is 1. The van der Waals surface area contributed by atoms with Gasteiger partial charge in [0.05, 0.1) is 29.9 Å². The van der Waals surface area contributed by atoms with E-state index in [1.807, 2.05) is 12.1 Å². The zero-order chi connectivity index (χ0) is 21.7. The van der Waals surface area contributed by atoms with Gasteiger partial charge < -0.3 is 15.4 Å². The molecule has 0 radical (unpaired) electrons. The van der Waals surface area contributed by atoms with Crippen molar-refractivity contribution in [3.8, 4) is 5.75 Å². The molecular formula is C20H19N5O4S. The van der Waals surface area contributed by atoms with Crippen LogP contribution >= 0.6 is 12.2 Å². The summed E-state index contributed by atoms with van der Waals surface area (Å²) in [7, 11) is 1.55. The molecule has 2 aromatic rings. The fraction of sp³-hybridized carbons (Fsp3) is 0.150. The number of para-hydroxylation sites is 1. The van der Waals surface area contributed by atoms with Crippen LogP contribution in [-0.4, -0.2) is 29.3 Å². The van der Waals surface area contributed by atoms with Crippen molar-refractivity contribution in [2.24, 2.45) is 5.10 Å². The van der Waals surface area contributed by atoms with Crippen molar-refractivity contribution in [2.45, 2.75) is 13.0 Å². The second kappa shape index (κ2) is 9.14. The van der Waals surface area contributed by atoms with E-state index < -0.39 is 16.9 Å². The molecule has 0 aromatic heterocycles. The predicted octanol–water partition coefficient (Wildman–Crippen LogP) is 2.55. The number of carbonyl (C=O) groups is 1. The van der Waals surface area contributed by atoms with Gasteiger partial charge in [-0.1, -0.05) is 24.3 Å². The number of nitrogens with one attached hydrogen (secondary N) is 3. The number of hydrazone groups is 1. The highest BCUT2D eigenvalue weighted by atomic mass is 32.1. The number of rotatable bonds is 6. The standard InChI is InChI=1S/C20H19N5O4S/c1-12-17(19(26)24-21-11-14-6-3-4-9-16(14)29-2)18(23-20(30)22-12)13-7-5-8-15(10-13)25(27)28/h3-11,18H,1-2H3,(H,24,26)(H2,22,23,30)/b21-11+. The van der Waals surface area contributed by atoms with E-state index in [1.165, 1.54) is 18.3 Å². The monoisotopic (exact) mass is 425 g/mol. The number of hydrogen-bond acceptors (Lipinski definition) is 6. The van der Waals surface area contributed by atoms with E-state index in [-0.39, 0.29) is 5.69 Å². The van der Waals surface area contributed by atoms with E-state index in [2.05, 4.69) is 21.2 Å². The minimum atomic E-state index is -0.667. The van der Waals surface area contributed by atoms with Crippen LogP contribution in [0.2, 0.25) is 0 Å². The molecule has 1 unspecified atom stereocenters. The third kappa shape index (κ3) is 4.61. The van der Waals surface area contributed by atoms with E-state index in [0.29, 0.717) is 33.3 Å². The quantitative estimate of drug-likeness (QED) is 0.282. The van der Waals surface area contributed by atoms with Gasteiger partial charge in [0.25, 0.3) is 11.6 Å². The number of hydrogen-bond donors (Lipinski definition) is 3. The molecule has 30 heavy (non-hydrogen) atoms. The van der Waals surface area contributed by atoms with Gasteiger partial charge in [0.1, 0.15) is 5.75 Å². The lowest BCUT2D eigenvalue weighted by Gasteiger charge is -2.29. The highest BCUT2D eigenvalue weighted by molar-refractivity contribution is 7.80. The van der Waals surface area contributed by atoms with E-state index in [9.17, 15) is 14.9 Å². The number of amides is 1. The number of nitro benzene ring substituents is 1. The summed E-state index contributed by atoms with van der Waals surface area (Å²) in [5.41, 5.74) is 4.49. The van der Waals surface area contributed by atoms with Crippen LogP contribution in [-0.2, 0) is 4.79 Å². The van der Waals surface area contributed by atoms with Crippen molar-refractivity contribution in [3.63, 3.8) is 0 Å². The molecule has 3 rings (SSSR count). The average Bonchev–Trinajstić information content (AvgIpc) is 2.73. The molecule has 0 saturated carbocycles. The van der Waals surface area contributed by atoms with Gasteiger partial charge in [-0.25, -0.2) is 5.43 Å². The number of non-ortho nitro benzene ring substituents is 1. The third-order valence-corrected chi connectivity index (χ3v) is 4.66. The lowest BCUT2D eigenvalue weighted by molar-refractivity contribution is -0.384. The summed E-state index contributed by atoms with van der Waals surface area (Å²) in [6.07, 6.45) is 1.48. The summed E-state index contributed by atoms with van der Waals surface area (Å²) in [4.78, 5) is 23.5. The van der Waals surface area contributed by atoms with Crippen molar-refractivity contribution in [1.29, 1.82) is 0 Å². The molecule has 0 aliphatic carbocycles. The molecule has 0 bridgehead atoms. The van der Waals surface area contributed by atoms with Crippen molar-refractivity contribution >= 4 is 35.1 Å². The van der Waals surface area contributed by atoms with Crippen molar-refractivity contribution in [3.05, 3.63) is 81.0 Å². The van der Waals surface area contributed by atoms with E-state index >= 15 is 0 Å². The van der Waals surface area contributed by atoms with Crippen LogP contribution in [0, 0.1) is 10.1 Å². The second-order valence-corrected chi connectivity index (χ2v) is 6.77. The maximum atomic E-state index is 12.9. The number of carbonyl (C=O) groups excluding carboxylic acids is 1. The number of methoxy groups -OCH3 is 1. The maximum Gasteiger partial charge on any atom is 0.271 e. The van der Waals surface area contributed by atoms with Gasteiger partial charge in [0.15, 0.2) is 5.11 Å². The lowest BCUT2D eigenvalue weighted by Crippen LogP contribution is -2.46. The highest BCUT2D eigenvalue weighted by Crippen LogP contribution is 2.29. The highest BCUT2D eigenvalue weighted by Gasteiger charge is 2.30. The Morgan fingerprint density at radius 1 is 1.30 bits per heavy atom. The minimum Gasteiger partial charge on any atom is -0.496 e. The summed E-state index contributed by atoms with van der Waals surface area (Å²) in [5.74, 6) is 0.143. The molecule has 1 heterocycles. The Kier molecular flexibility index (Phi) is 6.38. The summed E-state index contributed by atoms with van der Waals surface area (Å²) < 4.78 is 5.25. The second-order valence-electron chi connectivity index (χ2n) is 6.36. The Morgan fingerprint density at radius 3 is 2.80 bits per heavy atom. The van der Waals surface area contributed by atoms with Crippen molar-refractivity contribution < 1.29 is 14.5 Å². The molecule has 1 amide bonds. The summed E-state index contributed by atoms with van der Waals surface area (Å²) in [5, 5.41) is 21.4. The summed E-state index contributed by atoms with van der Waals surface area (Å²) >= 11 is 5.20. The van der Waals surface area contributed by atoms with Gasteiger partial charge >= 0.3 is 0 Å². The molecule has 1 atom stereocenters. The molecule has 154 valence electrons. The molecular weight excluding hydrogens is 406 g/mol. The van der Waals surface area contributed by atoms with Crippen LogP contribution in [0.25, 0.3) is 0 Å². The van der Waals surface area contributed by atoms with E-state index in [1.54, 1.807) is 38.3 Å². The van der Waals surface area contributed by atoms with Gasteiger partial charge in [-0.2, -0.15) is 5.10 Å². The SMILES string of the molecule is COc1ccccc1/C=N/NC(=O)C1=C(C)NC(=S)NC1c1cccc([N+](=O)[O-])c1. The van der Waals surface area contributed by atoms with Gasteiger partial charge in [0.2, 0.25) is 0 Å². The third-order valence-electron chi connectivity index (χ3n) is 4.44. The Labute approximate surface area is 178 Å². The fourth-order valence-corrected chi connectivity index (χ4v) is 3.33. The largest absolute Gasteiger partial charge is 0.496 e. The molecule has 0 saturated heterocycles. The van der Waals surface area contributed by atoms with Crippen LogP contribution in [0.15, 0.2) is 64.9 Å². The number of nitrogens with zero attached hydrogens (tertiary/aromatic N) is 2. The zero-order valence-electron chi connectivity index (χ0n) is 16.2. The first kappa shape index (κ1) is 20.9. The summed E-state index contributed by atoms with van der Waals surface area (Å²) in [6.45, 7) is 1.70. The number of allylic oxidation sites excluding steroid dienone is 1. The number of thiocarbonyl (C=S) groups is 1. The predicted molar refractivity (Wildman–Crippen MR) is 116 cm³/mol. The Hall–Kier alpha value is -3.79. The molecule has 0 spiro atoms. The number of ether oxygens (including phenoxy) is 1. The summed E-state index contributed by atoms with van der Waals surface area (Å²) in [6, 6.07) is 12.6. The van der Waals surface area contributed by atoms with Crippen LogP contribution < -0.4 is 20.8 Å². The Morgan fingerprint density at radius 2 is 2.07 bits per heavy atom. The Bertz CT molecular complexity index is 1070. The fourth-order valence-electron chi connectivity index (χ4n) is 3.06. The van der Waals surface area contributed by atoms with Crippen LogP contribution in [0.3, 0.4) is 0 Å². The van der Waals surface area contributed by atoms with Crippen LogP contribution in [0.1, 0.15) is 24.1 Å². The van der Waals surface area contributed by atoms with E-state index in [4.69, 9.17) is 17.0 Å². The molecule has 10 heteroatoms. The molecule has 1 aliphatic rings. The first-order chi connectivity index (χ1) is 14.4. The zero-order valence-corrected chi connectivity index (χ0v) is 17.0. The normalized spacial score (nSPS) is 16.1. The van der Waals surface area contributed by atoms with Gasteiger partial charge in [0, 0.05) is 23.4 Å². The minimum absolute atomic E-state index is 0.0784. The topological polar surface area (TPSA) is 118 Å². The van der Waals surface area contributed by atoms with Gasteiger partial charge in [-0.3, -0.25) is 14.9 Å². The van der Waals surface area contributed by atoms with Crippen LogP contribution in [0.5, 0.6) is 5.75 Å². The first-order valence-electron chi connectivity index (χ1n) is 8.89. The number of benzene rings is 2. The van der Waals surface area contributed by atoms with Crippen LogP contribution in [0.4, 0.5) is 5.69 Å². The molecule has 0 fully saturated rings. The smallest absolute Gasteiger partial charge is 0.271 e. The Balaban J connectivity index is 1.87.